The van der Waals surface area contributed by atoms with E-state index in [0.717, 1.165) is 0 Å². The summed E-state index contributed by atoms with van der Waals surface area (Å²) >= 11 is 0. The van der Waals surface area contributed by atoms with Gasteiger partial charge in [-0.05, 0) is 6.07 Å². The Balaban J connectivity index is 0.00000108. The smallest absolute Gasteiger partial charge is 1.00 e. The summed E-state index contributed by atoms with van der Waals surface area (Å²) in [6, 6.07) is 6.55. The SMILES string of the molecule is Fc1ccccc1C1OC2CNNCC2O1.[Cl-].[Cl-].[Pt+2]. The number of nitrogens with one attached hydrogen (secondary N) is 2. The molecule has 1 aromatic carbocycles. The van der Waals surface area contributed by atoms with E-state index in [1.807, 2.05) is 0 Å². The van der Waals surface area contributed by atoms with E-state index in [9.17, 15) is 4.39 Å². The first-order valence-corrected chi connectivity index (χ1v) is 5.35. The molecule has 19 heavy (non-hydrogen) atoms. The molecule has 0 aromatic heterocycles. The van der Waals surface area contributed by atoms with Gasteiger partial charge in [-0.15, -0.1) is 0 Å². The molecule has 1 aromatic rings. The minimum absolute atomic E-state index is 0. The second-order valence-corrected chi connectivity index (χ2v) is 3.96. The van der Waals surface area contributed by atoms with Crippen LogP contribution in [0, 0.1) is 5.82 Å². The average molecular weight is 490 g/mol. The first-order chi connectivity index (χ1) is 7.84. The molecule has 2 aliphatic heterocycles. The van der Waals surface area contributed by atoms with Crippen molar-refractivity contribution in [2.45, 2.75) is 18.5 Å². The van der Waals surface area contributed by atoms with Crippen molar-refractivity contribution in [3.05, 3.63) is 35.6 Å². The Bertz CT molecular complexity index is 389. The van der Waals surface area contributed by atoms with Crippen molar-refractivity contribution in [1.29, 1.82) is 0 Å². The van der Waals surface area contributed by atoms with Gasteiger partial charge < -0.3 is 34.3 Å². The molecular weight excluding hydrogens is 477 g/mol. The zero-order chi connectivity index (χ0) is 11.0. The van der Waals surface area contributed by atoms with Crippen molar-refractivity contribution >= 4 is 0 Å². The number of hydrogen-bond acceptors (Lipinski definition) is 4. The summed E-state index contributed by atoms with van der Waals surface area (Å²) in [6.45, 7) is 1.35. The Labute approximate surface area is 137 Å². The number of ether oxygens (including phenoxy) is 2. The Morgan fingerprint density at radius 2 is 1.53 bits per heavy atom. The van der Waals surface area contributed by atoms with Crippen LogP contribution in [-0.2, 0) is 30.5 Å². The van der Waals surface area contributed by atoms with Crippen molar-refractivity contribution in [1.82, 2.24) is 10.9 Å². The fourth-order valence-corrected chi connectivity index (χ4v) is 2.04. The van der Waals surface area contributed by atoms with Crippen LogP contribution in [0.25, 0.3) is 0 Å². The third kappa shape index (κ3) is 4.11. The van der Waals surface area contributed by atoms with E-state index in [-0.39, 0.29) is 63.9 Å². The minimum Gasteiger partial charge on any atom is -1.00 e. The van der Waals surface area contributed by atoms with Gasteiger partial charge in [0.25, 0.3) is 0 Å². The van der Waals surface area contributed by atoms with Gasteiger partial charge >= 0.3 is 21.1 Å². The van der Waals surface area contributed by atoms with Crippen LogP contribution in [0.15, 0.2) is 24.3 Å². The van der Waals surface area contributed by atoms with Crippen LogP contribution in [0.3, 0.4) is 0 Å². The zero-order valence-electron chi connectivity index (χ0n) is 9.72. The third-order valence-electron chi connectivity index (χ3n) is 2.90. The van der Waals surface area contributed by atoms with E-state index in [1.54, 1.807) is 18.2 Å². The second-order valence-electron chi connectivity index (χ2n) is 3.96. The standard InChI is InChI=1S/C11H13FN2O2.2ClH.Pt/c12-8-4-2-1-3-7(8)11-15-9-5-13-14-6-10(9)16-11;;;/h1-4,9-11,13-14H,5-6H2;2*1H;/q;;;+2/p-2. The van der Waals surface area contributed by atoms with Crippen molar-refractivity contribution in [3.8, 4) is 0 Å². The summed E-state index contributed by atoms with van der Waals surface area (Å²) < 4.78 is 24.9. The molecule has 2 N–H and O–H groups in total. The average Bonchev–Trinajstić information content (AvgIpc) is 2.73. The van der Waals surface area contributed by atoms with Gasteiger partial charge in [-0.2, -0.15) is 0 Å². The first kappa shape index (κ1) is 19.3. The van der Waals surface area contributed by atoms with Crippen molar-refractivity contribution < 1.29 is 59.7 Å². The molecule has 2 atom stereocenters. The third-order valence-corrected chi connectivity index (χ3v) is 2.90. The topological polar surface area (TPSA) is 42.5 Å². The fourth-order valence-electron chi connectivity index (χ4n) is 2.04. The summed E-state index contributed by atoms with van der Waals surface area (Å²) in [5, 5.41) is 0. The molecular formula is C11H13Cl2FN2O2Pt. The van der Waals surface area contributed by atoms with Gasteiger partial charge in [0.2, 0.25) is 0 Å². The van der Waals surface area contributed by atoms with Gasteiger partial charge in [-0.3, -0.25) is 10.9 Å². The van der Waals surface area contributed by atoms with Gasteiger partial charge in [0.1, 0.15) is 18.0 Å². The fraction of sp³-hybridized carbons (Fsp3) is 0.455. The van der Waals surface area contributed by atoms with Crippen molar-refractivity contribution in [3.63, 3.8) is 0 Å². The molecule has 3 rings (SSSR count). The van der Waals surface area contributed by atoms with Gasteiger partial charge in [0.15, 0.2) is 6.29 Å². The number of hydrogen-bond donors (Lipinski definition) is 2. The molecule has 2 saturated heterocycles. The molecule has 2 fully saturated rings. The van der Waals surface area contributed by atoms with Crippen LogP contribution in [0.2, 0.25) is 0 Å². The van der Waals surface area contributed by atoms with E-state index < -0.39 is 6.29 Å². The van der Waals surface area contributed by atoms with Crippen LogP contribution in [0.4, 0.5) is 4.39 Å². The van der Waals surface area contributed by atoms with Crippen LogP contribution < -0.4 is 35.7 Å². The molecule has 0 aliphatic carbocycles. The summed E-state index contributed by atoms with van der Waals surface area (Å²) in [7, 11) is 0. The number of fused-ring (bicyclic) bond motifs is 1. The van der Waals surface area contributed by atoms with Gasteiger partial charge in [0.05, 0.1) is 0 Å². The molecule has 0 saturated carbocycles. The molecule has 2 heterocycles. The number of rotatable bonds is 1. The molecule has 110 valence electrons. The largest absolute Gasteiger partial charge is 2.00 e. The summed E-state index contributed by atoms with van der Waals surface area (Å²) in [6.07, 6.45) is -0.602. The molecule has 0 radical (unpaired) electrons. The predicted octanol–water partition coefficient (Wildman–Crippen LogP) is -5.28. The maximum Gasteiger partial charge on any atom is 2.00 e. The van der Waals surface area contributed by atoms with Crippen LogP contribution in [-0.4, -0.2) is 25.3 Å². The quantitative estimate of drug-likeness (QED) is 0.413. The Kier molecular flexibility index (Phi) is 8.64. The maximum atomic E-state index is 13.5. The number of hydrazine groups is 1. The second kappa shape index (κ2) is 8.52. The van der Waals surface area contributed by atoms with Crippen LogP contribution in [0.5, 0.6) is 0 Å². The molecule has 8 heteroatoms. The first-order valence-electron chi connectivity index (χ1n) is 5.35. The van der Waals surface area contributed by atoms with E-state index in [1.165, 1.54) is 6.07 Å². The van der Waals surface area contributed by atoms with E-state index in [2.05, 4.69) is 10.9 Å². The number of benzene rings is 1. The molecule has 0 amide bonds. The predicted molar refractivity (Wildman–Crippen MR) is 54.9 cm³/mol. The molecule has 4 nitrogen and oxygen atoms in total. The molecule has 2 aliphatic rings. The van der Waals surface area contributed by atoms with E-state index in [4.69, 9.17) is 9.47 Å². The molecule has 0 bridgehead atoms. The number of halogens is 3. The zero-order valence-corrected chi connectivity index (χ0v) is 13.5. The van der Waals surface area contributed by atoms with Gasteiger partial charge in [-0.1, -0.05) is 18.2 Å². The van der Waals surface area contributed by atoms with Gasteiger partial charge in [0, 0.05) is 18.7 Å². The Morgan fingerprint density at radius 3 is 2.05 bits per heavy atom. The Morgan fingerprint density at radius 1 is 1.00 bits per heavy atom. The minimum atomic E-state index is -0.585. The summed E-state index contributed by atoms with van der Waals surface area (Å²) in [4.78, 5) is 0. The normalized spacial score (nSPS) is 28.4. The molecule has 2 unspecified atom stereocenters. The monoisotopic (exact) mass is 489 g/mol. The van der Waals surface area contributed by atoms with E-state index in [0.29, 0.717) is 18.7 Å². The van der Waals surface area contributed by atoms with Crippen molar-refractivity contribution in [2.24, 2.45) is 0 Å². The molecule has 0 spiro atoms. The van der Waals surface area contributed by atoms with Gasteiger partial charge in [-0.25, -0.2) is 4.39 Å². The van der Waals surface area contributed by atoms with Crippen LogP contribution in [0.1, 0.15) is 11.9 Å². The van der Waals surface area contributed by atoms with Crippen molar-refractivity contribution in [2.75, 3.05) is 13.1 Å². The summed E-state index contributed by atoms with van der Waals surface area (Å²) in [5.74, 6) is -0.285. The van der Waals surface area contributed by atoms with E-state index >= 15 is 0 Å². The maximum absolute atomic E-state index is 13.5. The summed E-state index contributed by atoms with van der Waals surface area (Å²) in [5.41, 5.74) is 6.46. The van der Waals surface area contributed by atoms with Crippen LogP contribution >= 0.6 is 0 Å². The Hall–Kier alpha value is 0.258.